The van der Waals surface area contributed by atoms with Gasteiger partial charge in [-0.3, -0.25) is 4.79 Å². The Bertz CT molecular complexity index is 1770. The van der Waals surface area contributed by atoms with E-state index in [9.17, 15) is 9.90 Å². The number of aromatic hydroxyl groups is 1. The lowest BCUT2D eigenvalue weighted by Gasteiger charge is -2.37. The normalized spacial score (nSPS) is 13.6. The fourth-order valence-electron chi connectivity index (χ4n) is 4.82. The second-order valence-electron chi connectivity index (χ2n) is 9.42. The molecule has 1 aliphatic rings. The Kier molecular flexibility index (Phi) is 6.96. The number of fused-ring (bicyclic) bond motifs is 1. The van der Waals surface area contributed by atoms with Crippen LogP contribution < -0.4 is 20.0 Å². The lowest BCUT2D eigenvalue weighted by Crippen LogP contribution is -2.47. The topological polar surface area (TPSA) is 91.9 Å². The molecule has 1 aliphatic heterocycles. The Morgan fingerprint density at radius 1 is 0.900 bits per heavy atom. The van der Waals surface area contributed by atoms with Crippen molar-refractivity contribution >= 4 is 45.7 Å². The summed E-state index contributed by atoms with van der Waals surface area (Å²) in [5.41, 5.74) is 1.53. The van der Waals surface area contributed by atoms with E-state index in [1.165, 1.54) is 12.1 Å². The number of hydrogen-bond acceptors (Lipinski definition) is 8. The first-order valence-electron chi connectivity index (χ1n) is 12.7. The van der Waals surface area contributed by atoms with Crippen LogP contribution >= 0.6 is 23.2 Å². The number of hydrogen-bond donors (Lipinski definition) is 1. The van der Waals surface area contributed by atoms with Gasteiger partial charge in [0.05, 0.1) is 15.7 Å². The monoisotopic (exact) mass is 574 g/mol. The van der Waals surface area contributed by atoms with Gasteiger partial charge in [0.1, 0.15) is 39.9 Å². The zero-order valence-electron chi connectivity index (χ0n) is 21.5. The molecule has 1 fully saturated rings. The maximum Gasteiger partial charge on any atom is 0.224 e. The highest BCUT2D eigenvalue weighted by atomic mass is 35.5. The molecule has 3 aromatic carbocycles. The van der Waals surface area contributed by atoms with E-state index >= 15 is 0 Å². The van der Waals surface area contributed by atoms with Crippen molar-refractivity contribution < 1.29 is 14.3 Å². The van der Waals surface area contributed by atoms with Gasteiger partial charge < -0.3 is 24.1 Å². The number of halogens is 2. The maximum atomic E-state index is 12.8. The number of rotatable bonds is 5. The van der Waals surface area contributed by atoms with Crippen molar-refractivity contribution in [3.63, 3.8) is 0 Å². The predicted molar refractivity (Wildman–Crippen MR) is 157 cm³/mol. The zero-order valence-corrected chi connectivity index (χ0v) is 23.0. The minimum Gasteiger partial charge on any atom is -0.507 e. The molecule has 40 heavy (non-hydrogen) atoms. The van der Waals surface area contributed by atoms with Crippen molar-refractivity contribution in [3.05, 3.63) is 98.9 Å². The molecule has 0 unspecified atom stereocenters. The number of benzene rings is 3. The molecule has 0 amide bonds. The molecule has 5 aromatic rings. The summed E-state index contributed by atoms with van der Waals surface area (Å²) in [6.45, 7) is 4.69. The largest absolute Gasteiger partial charge is 0.507 e. The zero-order chi connectivity index (χ0) is 27.8. The molecule has 8 nitrogen and oxygen atoms in total. The van der Waals surface area contributed by atoms with Gasteiger partial charge in [0.15, 0.2) is 5.43 Å². The Labute approximate surface area is 240 Å². The standard InChI is InChI=1S/C30H24Cl2N4O4/c1-18-33-27(36-12-10-35(11-13-36)22-9-5-8-21(31)30(22)32)17-28(34-18)39-20-14-23(37)29-24(38)16-25(40-26(29)15-20)19-6-3-2-4-7-19/h2-9,14-17,37H,10-13H2,1H3. The van der Waals surface area contributed by atoms with E-state index in [-0.39, 0.29) is 27.9 Å². The van der Waals surface area contributed by atoms with E-state index in [1.807, 2.05) is 42.5 Å². The van der Waals surface area contributed by atoms with Gasteiger partial charge in [0, 0.05) is 56.0 Å². The molecular formula is C30H24Cl2N4O4. The molecule has 3 heterocycles. The van der Waals surface area contributed by atoms with Gasteiger partial charge in [-0.05, 0) is 19.1 Å². The van der Waals surface area contributed by atoms with Gasteiger partial charge in [-0.2, -0.15) is 4.98 Å². The SMILES string of the molecule is Cc1nc(Oc2cc(O)c3c(=O)cc(-c4ccccc4)oc3c2)cc(N2CCN(c3cccc(Cl)c3Cl)CC2)n1. The highest BCUT2D eigenvalue weighted by Crippen LogP contribution is 2.35. The van der Waals surface area contributed by atoms with Crippen molar-refractivity contribution in [2.24, 2.45) is 0 Å². The van der Waals surface area contributed by atoms with Crippen molar-refractivity contribution in [2.45, 2.75) is 6.92 Å². The van der Waals surface area contributed by atoms with Crippen LogP contribution in [0, 0.1) is 6.92 Å². The van der Waals surface area contributed by atoms with E-state index in [4.69, 9.17) is 32.4 Å². The fraction of sp³-hybridized carbons (Fsp3) is 0.167. The van der Waals surface area contributed by atoms with E-state index in [0.29, 0.717) is 40.6 Å². The first-order chi connectivity index (χ1) is 19.4. The van der Waals surface area contributed by atoms with E-state index in [0.717, 1.165) is 30.2 Å². The number of piperazine rings is 1. The van der Waals surface area contributed by atoms with Gasteiger partial charge in [-0.25, -0.2) is 4.98 Å². The van der Waals surface area contributed by atoms with Crippen LogP contribution in [0.1, 0.15) is 5.82 Å². The molecule has 6 rings (SSSR count). The number of phenolic OH excluding ortho intramolecular Hbond substituents is 1. The third kappa shape index (κ3) is 5.15. The van der Waals surface area contributed by atoms with Crippen LogP contribution in [0.4, 0.5) is 11.5 Å². The number of aryl methyl sites for hydroxylation is 1. The maximum absolute atomic E-state index is 12.8. The van der Waals surface area contributed by atoms with Crippen molar-refractivity contribution in [1.29, 1.82) is 0 Å². The van der Waals surface area contributed by atoms with Gasteiger partial charge in [0.2, 0.25) is 5.88 Å². The summed E-state index contributed by atoms with van der Waals surface area (Å²) in [4.78, 5) is 26.2. The molecule has 2 aromatic heterocycles. The summed E-state index contributed by atoms with van der Waals surface area (Å²) in [6, 6.07) is 21.0. The van der Waals surface area contributed by atoms with Crippen LogP contribution in [0.15, 0.2) is 82.0 Å². The number of anilines is 2. The fourth-order valence-corrected chi connectivity index (χ4v) is 5.24. The summed E-state index contributed by atoms with van der Waals surface area (Å²) < 4.78 is 12.0. The Morgan fingerprint density at radius 3 is 2.42 bits per heavy atom. The number of nitrogens with zero attached hydrogens (tertiary/aromatic N) is 4. The second kappa shape index (κ2) is 10.7. The molecular weight excluding hydrogens is 551 g/mol. The van der Waals surface area contributed by atoms with Crippen molar-refractivity contribution in [2.75, 3.05) is 36.0 Å². The Balaban J connectivity index is 1.25. The van der Waals surface area contributed by atoms with Gasteiger partial charge in [0.25, 0.3) is 0 Å². The smallest absolute Gasteiger partial charge is 0.224 e. The first-order valence-corrected chi connectivity index (χ1v) is 13.4. The molecule has 1 N–H and O–H groups in total. The quantitative estimate of drug-likeness (QED) is 0.248. The van der Waals surface area contributed by atoms with E-state index in [1.54, 1.807) is 25.1 Å². The molecule has 1 saturated heterocycles. The summed E-state index contributed by atoms with van der Waals surface area (Å²) in [5.74, 6) is 2.01. The molecule has 0 radical (unpaired) electrons. The lowest BCUT2D eigenvalue weighted by molar-refractivity contribution is 0.444. The summed E-state index contributed by atoms with van der Waals surface area (Å²) in [7, 11) is 0. The van der Waals surface area contributed by atoms with Crippen LogP contribution in [0.3, 0.4) is 0 Å². The molecule has 0 bridgehead atoms. The Hall–Kier alpha value is -4.27. The summed E-state index contributed by atoms with van der Waals surface area (Å²) in [6.07, 6.45) is 0. The molecule has 0 atom stereocenters. The highest BCUT2D eigenvalue weighted by molar-refractivity contribution is 6.43. The van der Waals surface area contributed by atoms with Crippen LogP contribution in [0.2, 0.25) is 10.0 Å². The van der Waals surface area contributed by atoms with Gasteiger partial charge in [-0.1, -0.05) is 59.6 Å². The molecule has 0 spiro atoms. The van der Waals surface area contributed by atoms with Gasteiger partial charge in [-0.15, -0.1) is 0 Å². The van der Waals surface area contributed by atoms with Crippen LogP contribution in [0.5, 0.6) is 17.4 Å². The average molecular weight is 575 g/mol. The third-order valence-electron chi connectivity index (χ3n) is 6.74. The van der Waals surface area contributed by atoms with Crippen molar-refractivity contribution in [1.82, 2.24) is 9.97 Å². The minimum absolute atomic E-state index is 0.0873. The number of phenols is 1. The lowest BCUT2D eigenvalue weighted by atomic mass is 10.1. The third-order valence-corrected chi connectivity index (χ3v) is 7.55. The predicted octanol–water partition coefficient (Wildman–Crippen LogP) is 6.69. The summed E-state index contributed by atoms with van der Waals surface area (Å²) >= 11 is 12.6. The molecule has 0 saturated carbocycles. The Morgan fingerprint density at radius 2 is 1.65 bits per heavy atom. The van der Waals surface area contributed by atoms with E-state index in [2.05, 4.69) is 19.8 Å². The minimum atomic E-state index is -0.345. The highest BCUT2D eigenvalue weighted by Gasteiger charge is 2.22. The van der Waals surface area contributed by atoms with Crippen molar-refractivity contribution in [3.8, 4) is 28.7 Å². The second-order valence-corrected chi connectivity index (χ2v) is 10.2. The van der Waals surface area contributed by atoms with Crippen LogP contribution in [-0.2, 0) is 0 Å². The molecule has 0 aliphatic carbocycles. The average Bonchev–Trinajstić information content (AvgIpc) is 2.94. The summed E-state index contributed by atoms with van der Waals surface area (Å²) in [5, 5.41) is 11.8. The van der Waals surface area contributed by atoms with Crippen LogP contribution in [0.25, 0.3) is 22.3 Å². The molecule has 10 heteroatoms. The van der Waals surface area contributed by atoms with Gasteiger partial charge >= 0.3 is 0 Å². The first kappa shape index (κ1) is 26.0. The number of aromatic nitrogens is 2. The van der Waals surface area contributed by atoms with Crippen LogP contribution in [-0.4, -0.2) is 41.3 Å². The van der Waals surface area contributed by atoms with E-state index < -0.39 is 0 Å². The molecule has 202 valence electrons. The number of ether oxygens (including phenoxy) is 1.